The summed E-state index contributed by atoms with van der Waals surface area (Å²) < 4.78 is 0. The topological polar surface area (TPSA) is 29.1 Å². The quantitative estimate of drug-likeness (QED) is 0.845. The first-order valence-electron chi connectivity index (χ1n) is 5.52. The zero-order valence-electron chi connectivity index (χ0n) is 10.0. The Kier molecular flexibility index (Phi) is 5.00. The molecule has 0 spiro atoms. The highest BCUT2D eigenvalue weighted by Crippen LogP contribution is 2.11. The van der Waals surface area contributed by atoms with E-state index in [1.807, 2.05) is 32.0 Å². The van der Waals surface area contributed by atoms with Gasteiger partial charge < -0.3 is 5.32 Å². The van der Waals surface area contributed by atoms with Crippen molar-refractivity contribution in [3.8, 4) is 0 Å². The van der Waals surface area contributed by atoms with Gasteiger partial charge in [0.2, 0.25) is 0 Å². The van der Waals surface area contributed by atoms with Gasteiger partial charge in [-0.3, -0.25) is 4.79 Å². The van der Waals surface area contributed by atoms with Crippen LogP contribution >= 0.6 is 15.9 Å². The lowest BCUT2D eigenvalue weighted by atomic mass is 10.0. The highest BCUT2D eigenvalue weighted by atomic mass is 79.9. The third-order valence-electron chi connectivity index (χ3n) is 2.65. The average Bonchev–Trinajstić information content (AvgIpc) is 2.28. The molecule has 0 saturated heterocycles. The number of benzene rings is 1. The number of halogens is 1. The van der Waals surface area contributed by atoms with Crippen LogP contribution in [0.4, 0.5) is 0 Å². The minimum atomic E-state index is 0.0208. The normalized spacial score (nSPS) is 12.2. The molecule has 0 aliphatic rings. The summed E-state index contributed by atoms with van der Waals surface area (Å²) in [5.74, 6) is 0.0208. The van der Waals surface area contributed by atoms with Crippen LogP contribution in [0, 0.1) is 13.8 Å². The van der Waals surface area contributed by atoms with E-state index in [0.29, 0.717) is 0 Å². The van der Waals surface area contributed by atoms with E-state index in [0.717, 1.165) is 28.4 Å². The fourth-order valence-electron chi connectivity index (χ4n) is 1.49. The number of nitrogens with one attached hydrogen (secondary N) is 1. The number of hydrogen-bond donors (Lipinski definition) is 1. The minimum Gasteiger partial charge on any atom is -0.348 e. The molecule has 1 unspecified atom stereocenters. The summed E-state index contributed by atoms with van der Waals surface area (Å²) in [4.78, 5) is 12.0. The molecule has 0 aliphatic heterocycles. The highest BCUT2D eigenvalue weighted by Gasteiger charge is 2.12. The van der Waals surface area contributed by atoms with Gasteiger partial charge in [0.1, 0.15) is 0 Å². The summed E-state index contributed by atoms with van der Waals surface area (Å²) in [6, 6.07) is 6.14. The van der Waals surface area contributed by atoms with E-state index in [1.54, 1.807) is 0 Å². The Bertz CT molecular complexity index is 372. The van der Waals surface area contributed by atoms with Crippen LogP contribution in [-0.2, 0) is 0 Å². The van der Waals surface area contributed by atoms with Gasteiger partial charge in [-0.1, -0.05) is 40.5 Å². The van der Waals surface area contributed by atoms with Gasteiger partial charge in [-0.2, -0.15) is 0 Å². The molecule has 0 aliphatic carbocycles. The molecule has 0 aromatic heterocycles. The summed E-state index contributed by atoms with van der Waals surface area (Å²) in [5.41, 5.74) is 2.91. The van der Waals surface area contributed by atoms with E-state index < -0.39 is 0 Å². The number of rotatable bonds is 4. The van der Waals surface area contributed by atoms with E-state index in [1.165, 1.54) is 0 Å². The SMILES string of the molecule is CCC(CBr)NC(=O)c1cc(C)ccc1C. The Morgan fingerprint density at radius 2 is 2.12 bits per heavy atom. The van der Waals surface area contributed by atoms with Crippen molar-refractivity contribution in [2.24, 2.45) is 0 Å². The Hall–Kier alpha value is -0.830. The van der Waals surface area contributed by atoms with E-state index in [2.05, 4.69) is 28.2 Å². The van der Waals surface area contributed by atoms with Crippen LogP contribution in [0.1, 0.15) is 34.8 Å². The molecular weight excluding hydrogens is 266 g/mol. The zero-order valence-corrected chi connectivity index (χ0v) is 11.6. The van der Waals surface area contributed by atoms with Crippen LogP contribution in [0.2, 0.25) is 0 Å². The second-order valence-electron chi connectivity index (χ2n) is 4.05. The van der Waals surface area contributed by atoms with Gasteiger partial charge in [0.05, 0.1) is 0 Å². The molecule has 2 nitrogen and oxygen atoms in total. The summed E-state index contributed by atoms with van der Waals surface area (Å²) in [6.07, 6.45) is 0.932. The van der Waals surface area contributed by atoms with Crippen molar-refractivity contribution in [3.05, 3.63) is 34.9 Å². The first-order chi connectivity index (χ1) is 7.58. The molecule has 1 N–H and O–H groups in total. The maximum absolute atomic E-state index is 12.0. The molecule has 0 radical (unpaired) electrons. The van der Waals surface area contributed by atoms with Gasteiger partial charge in [-0.05, 0) is 31.9 Å². The number of alkyl halides is 1. The van der Waals surface area contributed by atoms with Crippen LogP contribution in [0.15, 0.2) is 18.2 Å². The fraction of sp³-hybridized carbons (Fsp3) is 0.462. The molecule has 0 fully saturated rings. The molecule has 0 saturated carbocycles. The van der Waals surface area contributed by atoms with Crippen molar-refractivity contribution in [3.63, 3.8) is 0 Å². The molecule has 1 atom stereocenters. The number of amides is 1. The summed E-state index contributed by atoms with van der Waals surface area (Å²) in [7, 11) is 0. The second-order valence-corrected chi connectivity index (χ2v) is 4.70. The average molecular weight is 284 g/mol. The largest absolute Gasteiger partial charge is 0.348 e. The van der Waals surface area contributed by atoms with Crippen LogP contribution in [0.3, 0.4) is 0 Å². The Labute approximate surface area is 106 Å². The smallest absolute Gasteiger partial charge is 0.251 e. The van der Waals surface area contributed by atoms with Crippen molar-refractivity contribution < 1.29 is 4.79 Å². The molecule has 88 valence electrons. The predicted octanol–water partition coefficient (Wildman–Crippen LogP) is 3.21. The molecule has 1 aromatic rings. The van der Waals surface area contributed by atoms with Crippen molar-refractivity contribution in [2.45, 2.75) is 33.2 Å². The lowest BCUT2D eigenvalue weighted by Crippen LogP contribution is -2.35. The first kappa shape index (κ1) is 13.2. The summed E-state index contributed by atoms with van der Waals surface area (Å²) >= 11 is 3.40. The lowest BCUT2D eigenvalue weighted by Gasteiger charge is -2.15. The maximum Gasteiger partial charge on any atom is 0.251 e. The van der Waals surface area contributed by atoms with E-state index >= 15 is 0 Å². The summed E-state index contributed by atoms with van der Waals surface area (Å²) in [6.45, 7) is 6.02. The van der Waals surface area contributed by atoms with Gasteiger partial charge in [0.25, 0.3) is 5.91 Å². The highest BCUT2D eigenvalue weighted by molar-refractivity contribution is 9.09. The third kappa shape index (κ3) is 3.34. The molecule has 0 bridgehead atoms. The molecule has 0 heterocycles. The van der Waals surface area contributed by atoms with Crippen molar-refractivity contribution in [1.82, 2.24) is 5.32 Å². The van der Waals surface area contributed by atoms with Gasteiger partial charge in [-0.15, -0.1) is 0 Å². The molecule has 1 rings (SSSR count). The van der Waals surface area contributed by atoms with Crippen LogP contribution in [0.5, 0.6) is 0 Å². The zero-order chi connectivity index (χ0) is 12.1. The van der Waals surface area contributed by atoms with Crippen LogP contribution in [-0.4, -0.2) is 17.3 Å². The molecule has 1 aromatic carbocycles. The molecular formula is C13H18BrNO. The standard InChI is InChI=1S/C13H18BrNO/c1-4-11(8-14)15-13(16)12-7-9(2)5-6-10(12)3/h5-7,11H,4,8H2,1-3H3,(H,15,16). The van der Waals surface area contributed by atoms with Crippen molar-refractivity contribution in [2.75, 3.05) is 5.33 Å². The Morgan fingerprint density at radius 3 is 2.69 bits per heavy atom. The van der Waals surface area contributed by atoms with Crippen molar-refractivity contribution >= 4 is 21.8 Å². The fourth-order valence-corrected chi connectivity index (χ4v) is 2.11. The van der Waals surface area contributed by atoms with E-state index in [-0.39, 0.29) is 11.9 Å². The van der Waals surface area contributed by atoms with Crippen molar-refractivity contribution in [1.29, 1.82) is 0 Å². The minimum absolute atomic E-state index is 0.0208. The van der Waals surface area contributed by atoms with E-state index in [4.69, 9.17) is 0 Å². The van der Waals surface area contributed by atoms with Gasteiger partial charge in [-0.25, -0.2) is 0 Å². The monoisotopic (exact) mass is 283 g/mol. The number of carbonyl (C=O) groups excluding carboxylic acids is 1. The second kappa shape index (κ2) is 6.04. The van der Waals surface area contributed by atoms with E-state index in [9.17, 15) is 4.79 Å². The van der Waals surface area contributed by atoms with Gasteiger partial charge >= 0.3 is 0 Å². The Balaban J connectivity index is 2.83. The van der Waals surface area contributed by atoms with Gasteiger partial charge in [0.15, 0.2) is 0 Å². The molecule has 1 amide bonds. The molecule has 16 heavy (non-hydrogen) atoms. The number of aryl methyl sites for hydroxylation is 2. The first-order valence-corrected chi connectivity index (χ1v) is 6.64. The number of carbonyl (C=O) groups is 1. The third-order valence-corrected chi connectivity index (χ3v) is 3.43. The Morgan fingerprint density at radius 1 is 1.44 bits per heavy atom. The lowest BCUT2D eigenvalue weighted by molar-refractivity contribution is 0.0939. The predicted molar refractivity (Wildman–Crippen MR) is 71.3 cm³/mol. The van der Waals surface area contributed by atoms with Crippen LogP contribution in [0.25, 0.3) is 0 Å². The van der Waals surface area contributed by atoms with Crippen LogP contribution < -0.4 is 5.32 Å². The maximum atomic E-state index is 12.0. The van der Waals surface area contributed by atoms with Gasteiger partial charge in [0, 0.05) is 16.9 Å². The molecule has 3 heteroatoms. The summed E-state index contributed by atoms with van der Waals surface area (Å²) in [5, 5.41) is 3.81. The number of hydrogen-bond acceptors (Lipinski definition) is 1.